The quantitative estimate of drug-likeness (QED) is 0.0624. The molecular weight excluding hydrogens is 909 g/mol. The van der Waals surface area contributed by atoms with Gasteiger partial charge in [0.05, 0.1) is 36.9 Å². The van der Waals surface area contributed by atoms with Gasteiger partial charge in [-0.05, 0) is 113 Å². The van der Waals surface area contributed by atoms with E-state index in [9.17, 15) is 61.8 Å². The number of hydrogen-bond donors (Lipinski definition) is 5. The Hall–Kier alpha value is -5.97. The van der Waals surface area contributed by atoms with Crippen LogP contribution in [0, 0.1) is 0 Å². The molecule has 2 aliphatic rings. The molecule has 2 aliphatic heterocycles. The van der Waals surface area contributed by atoms with Crippen molar-refractivity contribution in [1.82, 2.24) is 0 Å². The van der Waals surface area contributed by atoms with Crippen molar-refractivity contribution in [2.24, 2.45) is 0 Å². The minimum absolute atomic E-state index is 0.00995. The summed E-state index contributed by atoms with van der Waals surface area (Å²) >= 11 is 0. The molecular formula is C44H40N2O14S4. The first-order valence-electron chi connectivity index (χ1n) is 19.0. The average Bonchev–Trinajstić information content (AvgIpc) is 3.57. The molecule has 0 aliphatic carbocycles. The summed E-state index contributed by atoms with van der Waals surface area (Å²) in [5.41, 5.74) is 1.71. The highest BCUT2D eigenvalue weighted by atomic mass is 32.2. The summed E-state index contributed by atoms with van der Waals surface area (Å²) in [6.45, 7) is 7.18. The number of hydrogen-bond acceptors (Lipinski definition) is 11. The molecule has 2 heterocycles. The van der Waals surface area contributed by atoms with E-state index < -0.39 is 73.1 Å². The Balaban J connectivity index is 1.46. The SMILES string of the molecule is CC1(C)\C(=C/C=C(/C=C/C2N(c3cccc(S(=O)(=O)O)c3)c3ccc(S(=O)(=O)O)cc3C2(C)C)c2ccc(C(=O)O)cc2)N(c2cccc(S(=O)(=O)O)c2)c2ccc(S(=O)(=O)O)cc21. The topological polar surface area (TPSA) is 261 Å². The zero-order chi connectivity index (χ0) is 46.9. The Kier molecular flexibility index (Phi) is 11.5. The minimum Gasteiger partial charge on any atom is -0.478 e. The van der Waals surface area contributed by atoms with Crippen LogP contribution in [0.4, 0.5) is 22.7 Å². The highest BCUT2D eigenvalue weighted by Gasteiger charge is 2.45. The van der Waals surface area contributed by atoms with Crippen molar-refractivity contribution in [3.63, 3.8) is 0 Å². The Bertz CT molecular complexity index is 3320. The van der Waals surface area contributed by atoms with Gasteiger partial charge < -0.3 is 14.9 Å². The predicted octanol–water partition coefficient (Wildman–Crippen LogP) is 7.82. The van der Waals surface area contributed by atoms with Crippen molar-refractivity contribution < 1.29 is 61.8 Å². The van der Waals surface area contributed by atoms with Gasteiger partial charge in [0.1, 0.15) is 0 Å². The molecule has 0 radical (unpaired) electrons. The summed E-state index contributed by atoms with van der Waals surface area (Å²) in [5.74, 6) is -1.18. The van der Waals surface area contributed by atoms with E-state index >= 15 is 0 Å². The number of anilines is 4. The molecule has 1 unspecified atom stereocenters. The Morgan fingerprint density at radius 1 is 0.578 bits per heavy atom. The fourth-order valence-corrected chi connectivity index (χ4v) is 10.2. The van der Waals surface area contributed by atoms with Crippen LogP contribution in [0.1, 0.15) is 54.7 Å². The zero-order valence-electron chi connectivity index (χ0n) is 34.2. The van der Waals surface area contributed by atoms with Gasteiger partial charge in [-0.1, -0.05) is 70.2 Å². The van der Waals surface area contributed by atoms with Crippen LogP contribution in [0.25, 0.3) is 5.57 Å². The molecule has 7 rings (SSSR count). The molecule has 0 aromatic heterocycles. The number of nitrogens with zero attached hydrogens (tertiary/aromatic N) is 2. The lowest BCUT2D eigenvalue weighted by Crippen LogP contribution is -2.37. The summed E-state index contributed by atoms with van der Waals surface area (Å²) in [6, 6.07) is 24.0. The fourth-order valence-electron chi connectivity index (χ4n) is 8.13. The molecule has 5 aromatic carbocycles. The van der Waals surface area contributed by atoms with Crippen LogP contribution in [0.15, 0.2) is 159 Å². The summed E-state index contributed by atoms with van der Waals surface area (Å²) in [5, 5.41) is 9.69. The number of rotatable bonds is 11. The van der Waals surface area contributed by atoms with Gasteiger partial charge in [-0.3, -0.25) is 18.2 Å². The normalized spacial score (nSPS) is 18.1. The standard InChI is InChI=1S/C44H40N2O14S4/c1-43(2)36-25-34(63(55,56)57)17-19-38(36)45(30-7-5-9-32(23-30)61(49,50)51)40(43)21-15-28(27-11-13-29(14-12-27)42(47)48)16-22-41-44(3,4)37-26-35(64(58,59)60)18-20-39(37)46(41)31-8-6-10-33(24-31)62(52,53)54/h5-26,40H,1-4H3,(H,47,48)(H,49,50,51)(H,52,53,54)(H,55,56,57)(H,58,59,60)/b21-15+,28-16-,41-22+. The lowest BCUT2D eigenvalue weighted by molar-refractivity contribution is 0.0696. The summed E-state index contributed by atoms with van der Waals surface area (Å²) < 4.78 is 138. The van der Waals surface area contributed by atoms with E-state index in [1.165, 1.54) is 84.9 Å². The number of carboxylic acid groups (broad SMARTS) is 1. The molecule has 1 atom stereocenters. The zero-order valence-corrected chi connectivity index (χ0v) is 37.5. The molecule has 0 spiro atoms. The molecule has 0 saturated heterocycles. The monoisotopic (exact) mass is 948 g/mol. The van der Waals surface area contributed by atoms with Gasteiger partial charge in [-0.25, -0.2) is 4.79 Å². The van der Waals surface area contributed by atoms with Crippen LogP contribution in [-0.2, 0) is 51.3 Å². The van der Waals surface area contributed by atoms with Crippen molar-refractivity contribution in [2.75, 3.05) is 9.80 Å². The highest BCUT2D eigenvalue weighted by Crippen LogP contribution is 2.53. The van der Waals surface area contributed by atoms with E-state index in [1.807, 2.05) is 13.8 Å². The van der Waals surface area contributed by atoms with E-state index in [0.29, 0.717) is 45.0 Å². The molecule has 5 N–H and O–H groups in total. The second-order valence-corrected chi connectivity index (χ2v) is 21.9. The molecule has 334 valence electrons. The molecule has 16 nitrogen and oxygen atoms in total. The smallest absolute Gasteiger partial charge is 0.335 e. The molecule has 0 saturated carbocycles. The fraction of sp³-hybridized carbons (Fsp3) is 0.159. The third kappa shape index (κ3) is 8.65. The molecule has 0 amide bonds. The number of carboxylic acids is 1. The van der Waals surface area contributed by atoms with Crippen LogP contribution < -0.4 is 9.80 Å². The molecule has 5 aromatic rings. The molecule has 0 fully saturated rings. The minimum atomic E-state index is -4.67. The predicted molar refractivity (Wildman–Crippen MR) is 238 cm³/mol. The van der Waals surface area contributed by atoms with Crippen molar-refractivity contribution in [3.05, 3.63) is 161 Å². The van der Waals surface area contributed by atoms with Gasteiger partial charge in [-0.2, -0.15) is 33.7 Å². The second kappa shape index (κ2) is 15.9. The Morgan fingerprint density at radius 2 is 1.05 bits per heavy atom. The van der Waals surface area contributed by atoms with E-state index in [2.05, 4.69) is 0 Å². The van der Waals surface area contributed by atoms with E-state index in [1.54, 1.807) is 72.2 Å². The van der Waals surface area contributed by atoms with Crippen LogP contribution in [0.2, 0.25) is 0 Å². The first kappa shape index (κ1) is 46.0. The van der Waals surface area contributed by atoms with Crippen LogP contribution >= 0.6 is 0 Å². The van der Waals surface area contributed by atoms with Gasteiger partial charge in [0.25, 0.3) is 40.5 Å². The van der Waals surface area contributed by atoms with Crippen molar-refractivity contribution in [1.29, 1.82) is 0 Å². The summed E-state index contributed by atoms with van der Waals surface area (Å²) in [4.78, 5) is 13.7. The van der Waals surface area contributed by atoms with Gasteiger partial charge >= 0.3 is 5.97 Å². The van der Waals surface area contributed by atoms with Gasteiger partial charge in [-0.15, -0.1) is 0 Å². The number of aromatic carboxylic acids is 1. The second-order valence-electron chi connectivity index (χ2n) is 16.2. The maximum atomic E-state index is 12.3. The van der Waals surface area contributed by atoms with Gasteiger partial charge in [0, 0.05) is 33.6 Å². The Morgan fingerprint density at radius 3 is 1.58 bits per heavy atom. The van der Waals surface area contributed by atoms with E-state index in [-0.39, 0.29) is 21.0 Å². The first-order chi connectivity index (χ1) is 29.6. The number of carbonyl (C=O) groups is 1. The third-order valence-electron chi connectivity index (χ3n) is 11.4. The van der Waals surface area contributed by atoms with Gasteiger partial charge in [0.15, 0.2) is 0 Å². The maximum absolute atomic E-state index is 12.3. The van der Waals surface area contributed by atoms with Crippen molar-refractivity contribution >= 4 is 74.8 Å². The number of fused-ring (bicyclic) bond motifs is 2. The lowest BCUT2D eigenvalue weighted by atomic mass is 9.80. The summed E-state index contributed by atoms with van der Waals surface area (Å²) in [7, 11) is -18.7. The van der Waals surface area contributed by atoms with Crippen LogP contribution in [0.5, 0.6) is 0 Å². The highest BCUT2D eigenvalue weighted by molar-refractivity contribution is 7.86. The lowest BCUT2D eigenvalue weighted by Gasteiger charge is -2.32. The Labute approximate surface area is 370 Å². The van der Waals surface area contributed by atoms with E-state index in [0.717, 1.165) is 0 Å². The van der Waals surface area contributed by atoms with E-state index in [4.69, 9.17) is 0 Å². The maximum Gasteiger partial charge on any atom is 0.335 e. The van der Waals surface area contributed by atoms with Gasteiger partial charge in [0.2, 0.25) is 0 Å². The van der Waals surface area contributed by atoms with Crippen LogP contribution in [-0.4, -0.2) is 69.0 Å². The molecule has 64 heavy (non-hydrogen) atoms. The number of benzene rings is 5. The first-order valence-corrected chi connectivity index (χ1v) is 24.8. The summed E-state index contributed by atoms with van der Waals surface area (Å²) in [6.07, 6.45) is 6.86. The average molecular weight is 949 g/mol. The largest absolute Gasteiger partial charge is 0.478 e. The third-order valence-corrected chi connectivity index (χ3v) is 14.8. The molecule has 20 heteroatoms. The molecule has 0 bridgehead atoms. The van der Waals surface area contributed by atoms with Crippen LogP contribution in [0.3, 0.4) is 0 Å². The van der Waals surface area contributed by atoms with Crippen molar-refractivity contribution in [2.45, 2.75) is 64.1 Å². The van der Waals surface area contributed by atoms with Crippen molar-refractivity contribution in [3.8, 4) is 0 Å². The number of allylic oxidation sites excluding steroid dienone is 5.